The number of aryl methyl sites for hydroxylation is 1. The summed E-state index contributed by atoms with van der Waals surface area (Å²) in [7, 11) is 0. The zero-order chi connectivity index (χ0) is 15.7. The van der Waals surface area contributed by atoms with Crippen LogP contribution in [0.2, 0.25) is 0 Å². The summed E-state index contributed by atoms with van der Waals surface area (Å²) in [6.45, 7) is 10.7. The monoisotopic (exact) mass is 355 g/mol. The first-order valence-electron chi connectivity index (χ1n) is 8.08. The van der Waals surface area contributed by atoms with E-state index in [0.29, 0.717) is 0 Å². The van der Waals surface area contributed by atoms with Crippen molar-refractivity contribution in [2.45, 2.75) is 65.3 Å². The summed E-state index contributed by atoms with van der Waals surface area (Å²) in [5.41, 5.74) is 1.62. The molecule has 0 unspecified atom stereocenters. The van der Waals surface area contributed by atoms with Crippen LogP contribution in [0.5, 0.6) is 5.75 Å². The highest BCUT2D eigenvalue weighted by atomic mass is 79.9. The molecular weight excluding hydrogens is 326 g/mol. The van der Waals surface area contributed by atoms with Crippen molar-refractivity contribution in [3.8, 4) is 5.75 Å². The molecule has 1 N–H and O–H groups in total. The number of hydrogen-bond acceptors (Lipinski definition) is 2. The van der Waals surface area contributed by atoms with Gasteiger partial charge in [-0.3, -0.25) is 0 Å². The van der Waals surface area contributed by atoms with Crippen molar-refractivity contribution in [3.05, 3.63) is 28.2 Å². The zero-order valence-electron chi connectivity index (χ0n) is 14.0. The van der Waals surface area contributed by atoms with Gasteiger partial charge >= 0.3 is 0 Å². The second-order valence-corrected chi connectivity index (χ2v) is 7.46. The smallest absolute Gasteiger partial charge is 0.133 e. The lowest BCUT2D eigenvalue weighted by Crippen LogP contribution is -2.36. The summed E-state index contributed by atoms with van der Waals surface area (Å²) in [6.07, 6.45) is 5.94. The highest BCUT2D eigenvalue weighted by Crippen LogP contribution is 2.26. The van der Waals surface area contributed by atoms with Gasteiger partial charge in [-0.05, 0) is 86.6 Å². The van der Waals surface area contributed by atoms with Crippen LogP contribution in [-0.2, 0) is 6.42 Å². The maximum Gasteiger partial charge on any atom is 0.133 e. The van der Waals surface area contributed by atoms with Crippen LogP contribution in [0.3, 0.4) is 0 Å². The Kier molecular flexibility index (Phi) is 8.35. The molecule has 0 heterocycles. The minimum atomic E-state index is 0.235. The van der Waals surface area contributed by atoms with Gasteiger partial charge in [-0.25, -0.2) is 0 Å². The van der Waals surface area contributed by atoms with E-state index in [4.69, 9.17) is 4.74 Å². The van der Waals surface area contributed by atoms with Crippen LogP contribution in [-0.4, -0.2) is 18.7 Å². The summed E-state index contributed by atoms with van der Waals surface area (Å²) in [5.74, 6) is 0.954. The van der Waals surface area contributed by atoms with E-state index in [0.717, 1.165) is 36.2 Å². The van der Waals surface area contributed by atoms with Gasteiger partial charge in [0.2, 0.25) is 0 Å². The Labute approximate surface area is 138 Å². The maximum atomic E-state index is 5.68. The molecule has 0 aliphatic heterocycles. The first-order chi connectivity index (χ1) is 9.92. The fourth-order valence-electron chi connectivity index (χ4n) is 2.12. The molecule has 2 nitrogen and oxygen atoms in total. The minimum Gasteiger partial charge on any atom is -0.492 e. The number of hydrogen-bond donors (Lipinski definition) is 1. The van der Waals surface area contributed by atoms with Crippen molar-refractivity contribution in [2.24, 2.45) is 0 Å². The van der Waals surface area contributed by atoms with Crippen LogP contribution in [0.4, 0.5) is 0 Å². The standard InChI is InChI=1S/C18H30BrNO/c1-5-13-21-17-11-10-15(14-16(17)19)9-7-6-8-12-20-18(2,3)4/h10-11,14,20H,5-9,12-13H2,1-4H3. The molecule has 21 heavy (non-hydrogen) atoms. The Bertz CT molecular complexity index is 412. The summed E-state index contributed by atoms with van der Waals surface area (Å²) in [5, 5.41) is 3.53. The molecule has 0 aromatic heterocycles. The molecule has 0 aliphatic carbocycles. The lowest BCUT2D eigenvalue weighted by Gasteiger charge is -2.20. The third-order valence-electron chi connectivity index (χ3n) is 3.26. The number of benzene rings is 1. The Morgan fingerprint density at radius 2 is 1.90 bits per heavy atom. The molecule has 1 rings (SSSR count). The first kappa shape index (κ1) is 18.5. The molecule has 0 radical (unpaired) electrons. The molecule has 3 heteroatoms. The van der Waals surface area contributed by atoms with Gasteiger partial charge in [0.15, 0.2) is 0 Å². The SMILES string of the molecule is CCCOc1ccc(CCCCCNC(C)(C)C)cc1Br. The van der Waals surface area contributed by atoms with Crippen molar-refractivity contribution in [2.75, 3.05) is 13.2 Å². The van der Waals surface area contributed by atoms with Crippen LogP contribution >= 0.6 is 15.9 Å². The maximum absolute atomic E-state index is 5.68. The molecule has 0 amide bonds. The Balaban J connectivity index is 2.25. The molecule has 0 saturated carbocycles. The number of unbranched alkanes of at least 4 members (excludes halogenated alkanes) is 2. The summed E-state index contributed by atoms with van der Waals surface area (Å²) < 4.78 is 6.75. The van der Waals surface area contributed by atoms with Gasteiger partial charge in [-0.15, -0.1) is 0 Å². The Morgan fingerprint density at radius 1 is 1.14 bits per heavy atom. The summed E-state index contributed by atoms with van der Waals surface area (Å²) >= 11 is 3.60. The van der Waals surface area contributed by atoms with Gasteiger partial charge in [0.1, 0.15) is 5.75 Å². The fourth-order valence-corrected chi connectivity index (χ4v) is 2.66. The Morgan fingerprint density at radius 3 is 2.52 bits per heavy atom. The van der Waals surface area contributed by atoms with E-state index in [-0.39, 0.29) is 5.54 Å². The molecule has 0 saturated heterocycles. The second-order valence-electron chi connectivity index (χ2n) is 6.60. The van der Waals surface area contributed by atoms with Crippen LogP contribution in [0, 0.1) is 0 Å². The van der Waals surface area contributed by atoms with Crippen LogP contribution < -0.4 is 10.1 Å². The second kappa shape index (κ2) is 9.47. The van der Waals surface area contributed by atoms with Gasteiger partial charge in [0.25, 0.3) is 0 Å². The predicted octanol–water partition coefficient (Wildman–Crippen LogP) is 5.34. The molecule has 120 valence electrons. The van der Waals surface area contributed by atoms with Gasteiger partial charge in [-0.1, -0.05) is 19.4 Å². The van der Waals surface area contributed by atoms with E-state index < -0.39 is 0 Å². The van der Waals surface area contributed by atoms with E-state index in [1.165, 1.54) is 24.8 Å². The van der Waals surface area contributed by atoms with Crippen molar-refractivity contribution in [1.29, 1.82) is 0 Å². The van der Waals surface area contributed by atoms with Crippen LogP contribution in [0.1, 0.15) is 58.9 Å². The lowest BCUT2D eigenvalue weighted by molar-refractivity contribution is 0.315. The average molecular weight is 356 g/mol. The van der Waals surface area contributed by atoms with Gasteiger partial charge in [0, 0.05) is 5.54 Å². The van der Waals surface area contributed by atoms with Crippen molar-refractivity contribution >= 4 is 15.9 Å². The molecule has 1 aromatic rings. The zero-order valence-corrected chi connectivity index (χ0v) is 15.6. The lowest BCUT2D eigenvalue weighted by atomic mass is 10.1. The number of halogens is 1. The topological polar surface area (TPSA) is 21.3 Å². The third kappa shape index (κ3) is 8.47. The molecule has 0 aliphatic rings. The van der Waals surface area contributed by atoms with Crippen molar-refractivity contribution in [3.63, 3.8) is 0 Å². The van der Waals surface area contributed by atoms with E-state index in [2.05, 4.69) is 67.1 Å². The molecular formula is C18H30BrNO. The average Bonchev–Trinajstić information content (AvgIpc) is 2.40. The van der Waals surface area contributed by atoms with Crippen molar-refractivity contribution in [1.82, 2.24) is 5.32 Å². The summed E-state index contributed by atoms with van der Waals surface area (Å²) in [4.78, 5) is 0. The van der Waals surface area contributed by atoms with Gasteiger partial charge < -0.3 is 10.1 Å². The van der Waals surface area contributed by atoms with E-state index >= 15 is 0 Å². The van der Waals surface area contributed by atoms with Crippen molar-refractivity contribution < 1.29 is 4.74 Å². The Hall–Kier alpha value is -0.540. The number of nitrogens with one attached hydrogen (secondary N) is 1. The summed E-state index contributed by atoms with van der Waals surface area (Å²) in [6, 6.07) is 6.46. The highest BCUT2D eigenvalue weighted by molar-refractivity contribution is 9.10. The van der Waals surface area contributed by atoms with E-state index in [1.807, 2.05) is 0 Å². The molecule has 0 atom stereocenters. The predicted molar refractivity (Wildman–Crippen MR) is 95.2 cm³/mol. The van der Waals surface area contributed by atoms with Gasteiger partial charge in [-0.2, -0.15) is 0 Å². The minimum absolute atomic E-state index is 0.235. The molecule has 0 bridgehead atoms. The normalized spacial score (nSPS) is 11.7. The van der Waals surface area contributed by atoms with Gasteiger partial charge in [0.05, 0.1) is 11.1 Å². The van der Waals surface area contributed by atoms with Crippen LogP contribution in [0.25, 0.3) is 0 Å². The molecule has 0 fully saturated rings. The fraction of sp³-hybridized carbons (Fsp3) is 0.667. The quantitative estimate of drug-likeness (QED) is 0.603. The first-order valence-corrected chi connectivity index (χ1v) is 8.88. The highest BCUT2D eigenvalue weighted by Gasteiger charge is 2.07. The number of ether oxygens (including phenoxy) is 1. The molecule has 0 spiro atoms. The van der Waals surface area contributed by atoms with Crippen LogP contribution in [0.15, 0.2) is 22.7 Å². The largest absolute Gasteiger partial charge is 0.492 e. The number of rotatable bonds is 9. The molecule has 1 aromatic carbocycles. The van der Waals surface area contributed by atoms with E-state index in [9.17, 15) is 0 Å². The van der Waals surface area contributed by atoms with E-state index in [1.54, 1.807) is 0 Å². The third-order valence-corrected chi connectivity index (χ3v) is 3.88.